The molecule has 1 aromatic heterocycles. The second-order valence-electron chi connectivity index (χ2n) is 7.69. The standard InChI is InChI=1S/C20H25F3N6/c1-25-14-4-3-7-29(11-14)18-16-5-2-6-17(16)27-19(28-18)26-15-9-12(20(21,22)23)8-13(24)10-15/h8-10,14,25H,2-7,11,24H2,1H3,(H,26,27,28)/t14-/m1/s1. The number of hydrogen-bond acceptors (Lipinski definition) is 6. The van der Waals surface area contributed by atoms with Crippen LogP contribution in [-0.4, -0.2) is 36.1 Å². The van der Waals surface area contributed by atoms with Crippen molar-refractivity contribution >= 4 is 23.1 Å². The Morgan fingerprint density at radius 1 is 1.14 bits per heavy atom. The molecule has 29 heavy (non-hydrogen) atoms. The van der Waals surface area contributed by atoms with Crippen LogP contribution in [0.15, 0.2) is 18.2 Å². The van der Waals surface area contributed by atoms with Crippen molar-refractivity contribution in [2.45, 2.75) is 44.3 Å². The van der Waals surface area contributed by atoms with Crippen molar-refractivity contribution in [2.75, 3.05) is 36.1 Å². The third-order valence-corrected chi connectivity index (χ3v) is 5.58. The maximum Gasteiger partial charge on any atom is 0.416 e. The fourth-order valence-electron chi connectivity index (χ4n) is 4.15. The molecule has 1 aromatic carbocycles. The average Bonchev–Trinajstić information content (AvgIpc) is 3.15. The zero-order chi connectivity index (χ0) is 20.6. The van der Waals surface area contributed by atoms with Crippen LogP contribution in [0.1, 0.15) is 36.1 Å². The number of anilines is 4. The minimum Gasteiger partial charge on any atom is -0.399 e. The van der Waals surface area contributed by atoms with Crippen LogP contribution in [0, 0.1) is 0 Å². The molecular weight excluding hydrogens is 381 g/mol. The number of rotatable bonds is 4. The van der Waals surface area contributed by atoms with E-state index < -0.39 is 11.7 Å². The van der Waals surface area contributed by atoms with Gasteiger partial charge in [0, 0.05) is 36.1 Å². The number of nitrogens with two attached hydrogens (primary N) is 1. The van der Waals surface area contributed by atoms with E-state index in [0.29, 0.717) is 12.0 Å². The minimum absolute atomic E-state index is 0.0385. The summed E-state index contributed by atoms with van der Waals surface area (Å²) >= 11 is 0. The van der Waals surface area contributed by atoms with Gasteiger partial charge in [-0.15, -0.1) is 0 Å². The van der Waals surface area contributed by atoms with Gasteiger partial charge in [-0.2, -0.15) is 18.2 Å². The first-order valence-corrected chi connectivity index (χ1v) is 9.90. The predicted octanol–water partition coefficient (Wildman–Crippen LogP) is 3.50. The Morgan fingerprint density at radius 3 is 2.72 bits per heavy atom. The number of aryl methyl sites for hydroxylation is 1. The molecular formula is C20H25F3N6. The molecule has 0 spiro atoms. The highest BCUT2D eigenvalue weighted by atomic mass is 19.4. The third-order valence-electron chi connectivity index (χ3n) is 5.58. The Hall–Kier alpha value is -2.55. The van der Waals surface area contributed by atoms with Gasteiger partial charge >= 0.3 is 6.18 Å². The monoisotopic (exact) mass is 406 g/mol. The average molecular weight is 406 g/mol. The summed E-state index contributed by atoms with van der Waals surface area (Å²) in [5.74, 6) is 1.21. The summed E-state index contributed by atoms with van der Waals surface area (Å²) in [4.78, 5) is 11.6. The number of nitrogens with one attached hydrogen (secondary N) is 2. The SMILES string of the molecule is CN[C@@H]1CCCN(c2nc(Nc3cc(N)cc(C(F)(F)F)c3)nc3c2CCC3)C1. The number of nitrogen functional groups attached to an aromatic ring is 1. The Kier molecular flexibility index (Phi) is 5.24. The molecule has 2 aliphatic rings. The summed E-state index contributed by atoms with van der Waals surface area (Å²) in [5.41, 5.74) is 7.29. The molecule has 9 heteroatoms. The van der Waals surface area contributed by atoms with E-state index in [1.165, 1.54) is 6.07 Å². The zero-order valence-corrected chi connectivity index (χ0v) is 16.3. The van der Waals surface area contributed by atoms with E-state index in [0.717, 1.165) is 74.4 Å². The predicted molar refractivity (Wildman–Crippen MR) is 107 cm³/mol. The second kappa shape index (κ2) is 7.70. The highest BCUT2D eigenvalue weighted by molar-refractivity contribution is 5.64. The molecule has 4 rings (SSSR count). The van der Waals surface area contributed by atoms with Crippen LogP contribution in [0.3, 0.4) is 0 Å². The summed E-state index contributed by atoms with van der Waals surface area (Å²) in [5, 5.41) is 6.28. The van der Waals surface area contributed by atoms with Crippen LogP contribution in [0.4, 0.5) is 36.3 Å². The van der Waals surface area contributed by atoms with Gasteiger partial charge in [0.15, 0.2) is 0 Å². The lowest BCUT2D eigenvalue weighted by Crippen LogP contribution is -2.45. The number of alkyl halides is 3. The molecule has 0 amide bonds. The number of benzene rings is 1. The van der Waals surface area contributed by atoms with E-state index >= 15 is 0 Å². The van der Waals surface area contributed by atoms with Gasteiger partial charge < -0.3 is 21.3 Å². The lowest BCUT2D eigenvalue weighted by Gasteiger charge is -2.34. The van der Waals surface area contributed by atoms with Gasteiger partial charge in [-0.05, 0) is 57.4 Å². The molecule has 0 radical (unpaired) electrons. The van der Waals surface area contributed by atoms with Crippen LogP contribution in [0.25, 0.3) is 0 Å². The van der Waals surface area contributed by atoms with Crippen molar-refractivity contribution in [1.82, 2.24) is 15.3 Å². The number of hydrogen-bond donors (Lipinski definition) is 3. The maximum absolute atomic E-state index is 13.1. The molecule has 1 fully saturated rings. The van der Waals surface area contributed by atoms with Gasteiger partial charge in [0.1, 0.15) is 5.82 Å². The highest BCUT2D eigenvalue weighted by Gasteiger charge is 2.31. The number of nitrogens with zero attached hydrogens (tertiary/aromatic N) is 3. The van der Waals surface area contributed by atoms with Crippen LogP contribution in [-0.2, 0) is 19.0 Å². The molecule has 1 aliphatic carbocycles. The van der Waals surface area contributed by atoms with E-state index in [1.807, 2.05) is 7.05 Å². The fraction of sp³-hybridized carbons (Fsp3) is 0.500. The smallest absolute Gasteiger partial charge is 0.399 e. The van der Waals surface area contributed by atoms with E-state index in [1.54, 1.807) is 0 Å². The first kappa shape index (κ1) is 19.8. The first-order chi connectivity index (χ1) is 13.8. The number of fused-ring (bicyclic) bond motifs is 1. The van der Waals surface area contributed by atoms with Gasteiger partial charge in [0.2, 0.25) is 5.95 Å². The van der Waals surface area contributed by atoms with Crippen molar-refractivity contribution in [3.63, 3.8) is 0 Å². The second-order valence-corrected chi connectivity index (χ2v) is 7.69. The molecule has 2 heterocycles. The fourth-order valence-corrected chi connectivity index (χ4v) is 4.15. The molecule has 1 saturated heterocycles. The van der Waals surface area contributed by atoms with E-state index in [4.69, 9.17) is 10.7 Å². The topological polar surface area (TPSA) is 79.1 Å². The summed E-state index contributed by atoms with van der Waals surface area (Å²) in [6, 6.07) is 3.81. The summed E-state index contributed by atoms with van der Waals surface area (Å²) in [7, 11) is 1.96. The molecule has 0 unspecified atom stereocenters. The Balaban J connectivity index is 1.66. The van der Waals surface area contributed by atoms with E-state index in [9.17, 15) is 13.2 Å². The minimum atomic E-state index is -4.47. The van der Waals surface area contributed by atoms with E-state index in [2.05, 4.69) is 20.5 Å². The normalized spacial score (nSPS) is 19.3. The molecule has 4 N–H and O–H groups in total. The quantitative estimate of drug-likeness (QED) is 0.675. The number of halogens is 3. The molecule has 2 aromatic rings. The first-order valence-electron chi connectivity index (χ1n) is 9.90. The van der Waals surface area contributed by atoms with Crippen molar-refractivity contribution in [1.29, 1.82) is 0 Å². The zero-order valence-electron chi connectivity index (χ0n) is 16.3. The summed E-state index contributed by atoms with van der Waals surface area (Å²) in [6.07, 6.45) is 0.522. The van der Waals surface area contributed by atoms with Gasteiger partial charge in [-0.1, -0.05) is 0 Å². The third kappa shape index (κ3) is 4.24. The van der Waals surface area contributed by atoms with Crippen LogP contribution < -0.4 is 21.3 Å². The van der Waals surface area contributed by atoms with Crippen molar-refractivity contribution in [3.8, 4) is 0 Å². The Morgan fingerprint density at radius 2 is 1.97 bits per heavy atom. The summed E-state index contributed by atoms with van der Waals surface area (Å²) in [6.45, 7) is 1.77. The number of aromatic nitrogens is 2. The van der Waals surface area contributed by atoms with Gasteiger partial charge in [-0.3, -0.25) is 0 Å². The maximum atomic E-state index is 13.1. The Labute approximate surface area is 167 Å². The molecule has 0 bridgehead atoms. The van der Waals surface area contributed by atoms with Crippen LogP contribution >= 0.6 is 0 Å². The van der Waals surface area contributed by atoms with Crippen molar-refractivity contribution in [3.05, 3.63) is 35.0 Å². The molecule has 1 aliphatic heterocycles. The van der Waals surface area contributed by atoms with Crippen molar-refractivity contribution < 1.29 is 13.2 Å². The van der Waals surface area contributed by atoms with Gasteiger partial charge in [-0.25, -0.2) is 4.98 Å². The molecule has 6 nitrogen and oxygen atoms in total. The van der Waals surface area contributed by atoms with E-state index in [-0.39, 0.29) is 11.4 Å². The molecule has 0 saturated carbocycles. The largest absolute Gasteiger partial charge is 0.416 e. The van der Waals surface area contributed by atoms with Crippen LogP contribution in [0.2, 0.25) is 0 Å². The lowest BCUT2D eigenvalue weighted by molar-refractivity contribution is -0.137. The highest BCUT2D eigenvalue weighted by Crippen LogP contribution is 2.35. The number of piperidine rings is 1. The van der Waals surface area contributed by atoms with Crippen LogP contribution in [0.5, 0.6) is 0 Å². The Bertz CT molecular complexity index is 899. The lowest BCUT2D eigenvalue weighted by atomic mass is 10.1. The molecule has 1 atom stereocenters. The summed E-state index contributed by atoms with van der Waals surface area (Å²) < 4.78 is 39.3. The van der Waals surface area contributed by atoms with Gasteiger partial charge in [0.05, 0.1) is 11.3 Å². The number of likely N-dealkylation sites (N-methyl/N-ethyl adjacent to an activating group) is 1. The molecule has 156 valence electrons. The van der Waals surface area contributed by atoms with Crippen molar-refractivity contribution in [2.24, 2.45) is 0 Å². The van der Waals surface area contributed by atoms with Gasteiger partial charge in [0.25, 0.3) is 0 Å².